The van der Waals surface area contributed by atoms with Gasteiger partial charge < -0.3 is 0 Å². The minimum absolute atomic E-state index is 0.171. The lowest BCUT2D eigenvalue weighted by Crippen LogP contribution is -2.54. The first-order chi connectivity index (χ1) is 7.52. The van der Waals surface area contributed by atoms with Gasteiger partial charge in [0, 0.05) is 25.6 Å². The van der Waals surface area contributed by atoms with Gasteiger partial charge in [0.25, 0.3) is 17.7 Å². The van der Waals surface area contributed by atoms with Gasteiger partial charge in [-0.05, 0) is 6.42 Å². The van der Waals surface area contributed by atoms with Crippen molar-refractivity contribution in [2.24, 2.45) is 0 Å². The number of amides is 4. The Hall–Kier alpha value is -1.98. The second kappa shape index (κ2) is 3.55. The zero-order chi connectivity index (χ0) is 11.9. The summed E-state index contributed by atoms with van der Waals surface area (Å²) in [5, 5.41) is 0. The van der Waals surface area contributed by atoms with Gasteiger partial charge in [-0.3, -0.25) is 29.0 Å². The van der Waals surface area contributed by atoms with E-state index in [0.29, 0.717) is 0 Å². The van der Waals surface area contributed by atoms with E-state index in [4.69, 9.17) is 0 Å². The summed E-state index contributed by atoms with van der Waals surface area (Å²) in [5.41, 5.74) is 0. The molecule has 0 spiro atoms. The Labute approximate surface area is 91.5 Å². The van der Waals surface area contributed by atoms with Crippen molar-refractivity contribution in [3.8, 4) is 0 Å². The summed E-state index contributed by atoms with van der Waals surface area (Å²) in [6.45, 7) is 0. The molecule has 4 amide bonds. The Bertz CT molecular complexity index is 409. The molecular formula is C10H10N2O4. The van der Waals surface area contributed by atoms with Gasteiger partial charge >= 0.3 is 0 Å². The number of carbonyl (C=O) groups is 4. The number of imide groups is 2. The van der Waals surface area contributed by atoms with Crippen LogP contribution in [-0.2, 0) is 19.2 Å². The highest BCUT2D eigenvalue weighted by Crippen LogP contribution is 2.20. The van der Waals surface area contributed by atoms with Crippen LogP contribution in [0.1, 0.15) is 12.8 Å². The van der Waals surface area contributed by atoms with Crippen molar-refractivity contribution < 1.29 is 19.2 Å². The highest BCUT2D eigenvalue weighted by Gasteiger charge is 2.41. The fourth-order valence-electron chi connectivity index (χ4n) is 1.86. The molecule has 0 aromatic rings. The Morgan fingerprint density at radius 1 is 1.12 bits per heavy atom. The molecule has 6 heteroatoms. The lowest BCUT2D eigenvalue weighted by Gasteiger charge is -2.32. The largest absolute Gasteiger partial charge is 0.284 e. The molecule has 2 aliphatic rings. The Morgan fingerprint density at radius 2 is 1.69 bits per heavy atom. The monoisotopic (exact) mass is 222 g/mol. The van der Waals surface area contributed by atoms with Crippen LogP contribution in [0.15, 0.2) is 12.2 Å². The van der Waals surface area contributed by atoms with Gasteiger partial charge in [0.2, 0.25) is 5.91 Å². The zero-order valence-corrected chi connectivity index (χ0v) is 8.67. The molecule has 0 saturated carbocycles. The molecule has 0 aromatic heterocycles. The van der Waals surface area contributed by atoms with E-state index >= 15 is 0 Å². The van der Waals surface area contributed by atoms with Gasteiger partial charge in [0.05, 0.1) is 0 Å². The number of carbonyl (C=O) groups excluding carboxylic acids is 4. The number of likely N-dealkylation sites (N-methyl/N-ethyl adjacent to an activating group) is 1. The fourth-order valence-corrected chi connectivity index (χ4v) is 1.86. The number of hydrogen-bond acceptors (Lipinski definition) is 4. The van der Waals surface area contributed by atoms with E-state index in [0.717, 1.165) is 22.0 Å². The number of nitrogens with zero attached hydrogens (tertiary/aromatic N) is 2. The molecule has 1 saturated heterocycles. The molecule has 1 fully saturated rings. The van der Waals surface area contributed by atoms with E-state index in [1.54, 1.807) is 0 Å². The highest BCUT2D eigenvalue weighted by molar-refractivity contribution is 6.16. The van der Waals surface area contributed by atoms with Crippen LogP contribution in [0.4, 0.5) is 0 Å². The van der Waals surface area contributed by atoms with E-state index < -0.39 is 23.8 Å². The van der Waals surface area contributed by atoms with Crippen LogP contribution in [0.25, 0.3) is 0 Å². The van der Waals surface area contributed by atoms with Crippen molar-refractivity contribution in [1.29, 1.82) is 0 Å². The summed E-state index contributed by atoms with van der Waals surface area (Å²) in [6.07, 6.45) is 2.64. The molecule has 2 heterocycles. The van der Waals surface area contributed by atoms with E-state index in [-0.39, 0.29) is 18.7 Å². The lowest BCUT2D eigenvalue weighted by atomic mass is 10.0. The van der Waals surface area contributed by atoms with Gasteiger partial charge in [-0.15, -0.1) is 0 Å². The SMILES string of the molecule is CN1C(=O)CCC(N2C(=O)C=CC2=O)C1=O. The molecule has 84 valence electrons. The van der Waals surface area contributed by atoms with Crippen molar-refractivity contribution in [2.45, 2.75) is 18.9 Å². The molecule has 0 aliphatic carbocycles. The van der Waals surface area contributed by atoms with Crippen molar-refractivity contribution in [3.05, 3.63) is 12.2 Å². The Balaban J connectivity index is 2.23. The Morgan fingerprint density at radius 3 is 2.25 bits per heavy atom. The Kier molecular flexibility index (Phi) is 2.34. The molecule has 0 bridgehead atoms. The van der Waals surface area contributed by atoms with E-state index in [9.17, 15) is 19.2 Å². The predicted molar refractivity (Wildman–Crippen MR) is 51.8 cm³/mol. The molecule has 0 aromatic carbocycles. The normalized spacial score (nSPS) is 25.9. The molecule has 6 nitrogen and oxygen atoms in total. The average Bonchev–Trinajstić information content (AvgIpc) is 2.57. The molecule has 0 radical (unpaired) electrons. The van der Waals surface area contributed by atoms with Crippen LogP contribution in [0, 0.1) is 0 Å². The quantitative estimate of drug-likeness (QED) is 0.536. The van der Waals surface area contributed by atoms with Crippen molar-refractivity contribution in [3.63, 3.8) is 0 Å². The number of rotatable bonds is 1. The topological polar surface area (TPSA) is 74.8 Å². The minimum atomic E-state index is -0.835. The van der Waals surface area contributed by atoms with Crippen LogP contribution < -0.4 is 0 Å². The summed E-state index contributed by atoms with van der Waals surface area (Å²) in [7, 11) is 1.36. The highest BCUT2D eigenvalue weighted by atomic mass is 16.2. The van der Waals surface area contributed by atoms with Crippen LogP contribution in [0.3, 0.4) is 0 Å². The summed E-state index contributed by atoms with van der Waals surface area (Å²) in [5.74, 6) is -1.77. The van der Waals surface area contributed by atoms with Gasteiger partial charge in [-0.25, -0.2) is 0 Å². The van der Waals surface area contributed by atoms with Crippen LogP contribution in [-0.4, -0.2) is 46.5 Å². The van der Waals surface area contributed by atoms with Gasteiger partial charge in [0.15, 0.2) is 0 Å². The fraction of sp³-hybridized carbons (Fsp3) is 0.400. The lowest BCUT2D eigenvalue weighted by molar-refractivity contribution is -0.157. The molecule has 0 N–H and O–H groups in total. The summed E-state index contributed by atoms with van der Waals surface area (Å²) in [6, 6.07) is -0.835. The third kappa shape index (κ3) is 1.42. The molecular weight excluding hydrogens is 212 g/mol. The average molecular weight is 222 g/mol. The summed E-state index contributed by atoms with van der Waals surface area (Å²) >= 11 is 0. The van der Waals surface area contributed by atoms with Crippen molar-refractivity contribution in [1.82, 2.24) is 9.80 Å². The third-order valence-corrected chi connectivity index (χ3v) is 2.78. The van der Waals surface area contributed by atoms with Crippen LogP contribution >= 0.6 is 0 Å². The molecule has 1 unspecified atom stereocenters. The number of likely N-dealkylation sites (tertiary alicyclic amines) is 1. The molecule has 2 rings (SSSR count). The van der Waals surface area contributed by atoms with Crippen LogP contribution in [0.2, 0.25) is 0 Å². The second-order valence-corrected chi connectivity index (χ2v) is 3.73. The van der Waals surface area contributed by atoms with Crippen molar-refractivity contribution in [2.75, 3.05) is 7.05 Å². The first-order valence-corrected chi connectivity index (χ1v) is 4.88. The van der Waals surface area contributed by atoms with Gasteiger partial charge in [-0.2, -0.15) is 0 Å². The number of piperidine rings is 1. The minimum Gasteiger partial charge on any atom is -0.284 e. The van der Waals surface area contributed by atoms with E-state index in [1.165, 1.54) is 7.05 Å². The van der Waals surface area contributed by atoms with Gasteiger partial charge in [0.1, 0.15) is 6.04 Å². The summed E-state index contributed by atoms with van der Waals surface area (Å²) in [4.78, 5) is 47.6. The zero-order valence-electron chi connectivity index (χ0n) is 8.67. The van der Waals surface area contributed by atoms with E-state index in [2.05, 4.69) is 0 Å². The smallest absolute Gasteiger partial charge is 0.254 e. The maximum atomic E-state index is 11.7. The van der Waals surface area contributed by atoms with Crippen LogP contribution in [0.5, 0.6) is 0 Å². The standard InChI is InChI=1S/C10H10N2O4/c1-11-7(13)3-2-6(10(11)16)12-8(14)4-5-9(12)15/h4-6H,2-3H2,1H3. The third-order valence-electron chi connectivity index (χ3n) is 2.78. The second-order valence-electron chi connectivity index (χ2n) is 3.73. The molecule has 2 aliphatic heterocycles. The molecule has 1 atom stereocenters. The maximum Gasteiger partial charge on any atom is 0.254 e. The first-order valence-electron chi connectivity index (χ1n) is 4.88. The maximum absolute atomic E-state index is 11.7. The summed E-state index contributed by atoms with van der Waals surface area (Å²) < 4.78 is 0. The van der Waals surface area contributed by atoms with Crippen molar-refractivity contribution >= 4 is 23.6 Å². The van der Waals surface area contributed by atoms with Gasteiger partial charge in [-0.1, -0.05) is 0 Å². The predicted octanol–water partition coefficient (Wildman–Crippen LogP) is -0.941. The molecule has 16 heavy (non-hydrogen) atoms. The number of hydrogen-bond donors (Lipinski definition) is 0. The van der Waals surface area contributed by atoms with E-state index in [1.807, 2.05) is 0 Å². The first kappa shape index (κ1) is 10.5.